The van der Waals surface area contributed by atoms with Gasteiger partial charge in [0.15, 0.2) is 0 Å². The van der Waals surface area contributed by atoms with Crippen molar-refractivity contribution in [1.29, 1.82) is 0 Å². The van der Waals surface area contributed by atoms with E-state index in [1.54, 1.807) is 0 Å². The second-order valence-corrected chi connectivity index (χ2v) is 6.49. The molecule has 5 nitrogen and oxygen atoms in total. The quantitative estimate of drug-likeness (QED) is 0.810. The molecule has 0 bridgehead atoms. The maximum atomic E-state index is 12.2. The highest BCUT2D eigenvalue weighted by Gasteiger charge is 2.22. The zero-order chi connectivity index (χ0) is 15.8. The molecule has 122 valence electrons. The molecular weight excluding hydrogens is 266 g/mol. The van der Waals surface area contributed by atoms with Crippen molar-refractivity contribution in [2.24, 2.45) is 11.7 Å². The number of nitrogens with two attached hydrogens (primary N) is 1. The van der Waals surface area contributed by atoms with Crippen LogP contribution in [0.4, 0.5) is 0 Å². The third kappa shape index (κ3) is 6.04. The Morgan fingerprint density at radius 3 is 2.19 bits per heavy atom. The molecule has 21 heavy (non-hydrogen) atoms. The van der Waals surface area contributed by atoms with E-state index >= 15 is 0 Å². The summed E-state index contributed by atoms with van der Waals surface area (Å²) in [4.78, 5) is 25.8. The SMILES string of the molecule is CC(C)[C@H](N)C(=O)NCC(=O)N(C)C1CCCCCCC1. The Morgan fingerprint density at radius 1 is 1.14 bits per heavy atom. The Kier molecular flexibility index (Phi) is 7.72. The maximum Gasteiger partial charge on any atom is 0.241 e. The molecule has 0 aromatic heterocycles. The molecule has 0 unspecified atom stereocenters. The smallest absolute Gasteiger partial charge is 0.241 e. The number of carbonyl (C=O) groups excluding carboxylic acids is 2. The van der Waals surface area contributed by atoms with E-state index in [4.69, 9.17) is 5.73 Å². The van der Waals surface area contributed by atoms with Gasteiger partial charge in [-0.1, -0.05) is 46.0 Å². The van der Waals surface area contributed by atoms with Gasteiger partial charge in [0.1, 0.15) is 0 Å². The minimum absolute atomic E-state index is 0.0233. The molecule has 2 amide bonds. The van der Waals surface area contributed by atoms with E-state index in [0.717, 1.165) is 12.8 Å². The van der Waals surface area contributed by atoms with Crippen LogP contribution in [-0.4, -0.2) is 42.4 Å². The van der Waals surface area contributed by atoms with E-state index < -0.39 is 6.04 Å². The second-order valence-electron chi connectivity index (χ2n) is 6.49. The van der Waals surface area contributed by atoms with Gasteiger partial charge in [-0.2, -0.15) is 0 Å². The molecule has 1 fully saturated rings. The first-order chi connectivity index (χ1) is 9.93. The molecule has 3 N–H and O–H groups in total. The molecule has 0 spiro atoms. The molecule has 0 aliphatic heterocycles. The third-order valence-corrected chi connectivity index (χ3v) is 4.45. The van der Waals surface area contributed by atoms with Gasteiger partial charge >= 0.3 is 0 Å². The van der Waals surface area contributed by atoms with Crippen LogP contribution in [0.2, 0.25) is 0 Å². The molecule has 1 saturated carbocycles. The summed E-state index contributed by atoms with van der Waals surface area (Å²) in [5.74, 6) is -0.197. The van der Waals surface area contributed by atoms with E-state index in [9.17, 15) is 9.59 Å². The Labute approximate surface area is 128 Å². The molecule has 1 aliphatic carbocycles. The third-order valence-electron chi connectivity index (χ3n) is 4.45. The van der Waals surface area contributed by atoms with Crippen molar-refractivity contribution in [3.05, 3.63) is 0 Å². The zero-order valence-electron chi connectivity index (χ0n) is 13.7. The van der Waals surface area contributed by atoms with E-state index in [-0.39, 0.29) is 24.3 Å². The largest absolute Gasteiger partial charge is 0.346 e. The van der Waals surface area contributed by atoms with E-state index in [2.05, 4.69) is 5.32 Å². The normalized spacial score (nSPS) is 18.7. The number of amides is 2. The summed E-state index contributed by atoms with van der Waals surface area (Å²) < 4.78 is 0. The van der Waals surface area contributed by atoms with Gasteiger partial charge < -0.3 is 16.0 Å². The first-order valence-electron chi connectivity index (χ1n) is 8.22. The maximum absolute atomic E-state index is 12.2. The minimum atomic E-state index is -0.551. The average Bonchev–Trinajstić information content (AvgIpc) is 2.42. The van der Waals surface area contributed by atoms with Gasteiger partial charge in [0.2, 0.25) is 11.8 Å². The minimum Gasteiger partial charge on any atom is -0.346 e. The summed E-state index contributed by atoms with van der Waals surface area (Å²) in [6, 6.07) is -0.238. The van der Waals surface area contributed by atoms with Gasteiger partial charge in [-0.25, -0.2) is 0 Å². The van der Waals surface area contributed by atoms with Crippen LogP contribution in [-0.2, 0) is 9.59 Å². The van der Waals surface area contributed by atoms with Crippen LogP contribution in [0.3, 0.4) is 0 Å². The monoisotopic (exact) mass is 297 g/mol. The molecule has 1 aliphatic rings. The number of hydrogen-bond acceptors (Lipinski definition) is 3. The second kappa shape index (κ2) is 9.03. The first kappa shape index (κ1) is 18.0. The van der Waals surface area contributed by atoms with Crippen molar-refractivity contribution in [1.82, 2.24) is 10.2 Å². The lowest BCUT2D eigenvalue weighted by molar-refractivity contribution is -0.134. The van der Waals surface area contributed by atoms with Crippen molar-refractivity contribution < 1.29 is 9.59 Å². The van der Waals surface area contributed by atoms with Crippen molar-refractivity contribution in [3.8, 4) is 0 Å². The average molecular weight is 297 g/mol. The number of hydrogen-bond donors (Lipinski definition) is 2. The predicted octanol–water partition coefficient (Wildman–Crippen LogP) is 1.66. The van der Waals surface area contributed by atoms with E-state index in [0.29, 0.717) is 6.04 Å². The zero-order valence-corrected chi connectivity index (χ0v) is 13.7. The molecule has 1 rings (SSSR count). The summed E-state index contributed by atoms with van der Waals surface area (Å²) >= 11 is 0. The lowest BCUT2D eigenvalue weighted by Crippen LogP contribution is -2.49. The van der Waals surface area contributed by atoms with Crippen LogP contribution >= 0.6 is 0 Å². The van der Waals surface area contributed by atoms with Gasteiger partial charge in [0.05, 0.1) is 12.6 Å². The van der Waals surface area contributed by atoms with Gasteiger partial charge in [-0.3, -0.25) is 9.59 Å². The summed E-state index contributed by atoms with van der Waals surface area (Å²) in [5.41, 5.74) is 5.77. The summed E-state index contributed by atoms with van der Waals surface area (Å²) in [6.07, 6.45) is 8.35. The number of carbonyl (C=O) groups is 2. The fourth-order valence-corrected chi connectivity index (χ4v) is 2.73. The molecule has 0 aromatic carbocycles. The molecule has 1 atom stereocenters. The number of nitrogens with zero attached hydrogens (tertiary/aromatic N) is 1. The van der Waals surface area contributed by atoms with Gasteiger partial charge in [0.25, 0.3) is 0 Å². The summed E-state index contributed by atoms with van der Waals surface area (Å²) in [7, 11) is 1.85. The van der Waals surface area contributed by atoms with Crippen molar-refractivity contribution in [2.75, 3.05) is 13.6 Å². The highest BCUT2D eigenvalue weighted by atomic mass is 16.2. The van der Waals surface area contributed by atoms with Crippen molar-refractivity contribution in [3.63, 3.8) is 0 Å². The van der Waals surface area contributed by atoms with Crippen LogP contribution < -0.4 is 11.1 Å². The molecule has 0 aromatic rings. The first-order valence-corrected chi connectivity index (χ1v) is 8.22. The molecule has 5 heteroatoms. The Morgan fingerprint density at radius 2 is 1.67 bits per heavy atom. The van der Waals surface area contributed by atoms with Crippen LogP contribution in [0.25, 0.3) is 0 Å². The van der Waals surface area contributed by atoms with Crippen LogP contribution in [0.1, 0.15) is 58.8 Å². The number of nitrogens with one attached hydrogen (secondary N) is 1. The fourth-order valence-electron chi connectivity index (χ4n) is 2.73. The van der Waals surface area contributed by atoms with Crippen LogP contribution in [0.5, 0.6) is 0 Å². The van der Waals surface area contributed by atoms with Gasteiger partial charge in [0, 0.05) is 13.1 Å². The van der Waals surface area contributed by atoms with Crippen molar-refractivity contribution in [2.45, 2.75) is 70.9 Å². The Hall–Kier alpha value is -1.10. The predicted molar refractivity (Wildman–Crippen MR) is 84.7 cm³/mol. The number of likely N-dealkylation sites (N-methyl/N-ethyl adjacent to an activating group) is 1. The standard InChI is InChI=1S/C16H31N3O2/c1-12(2)15(17)16(21)18-11-14(20)19(3)13-9-7-5-4-6-8-10-13/h12-13,15H,4-11,17H2,1-3H3,(H,18,21)/t15-/m0/s1. The molecule has 0 radical (unpaired) electrons. The van der Waals surface area contributed by atoms with E-state index in [1.807, 2.05) is 25.8 Å². The fraction of sp³-hybridized carbons (Fsp3) is 0.875. The Balaban J connectivity index is 2.40. The molecular formula is C16H31N3O2. The number of rotatable bonds is 5. The lowest BCUT2D eigenvalue weighted by Gasteiger charge is -2.30. The molecule has 0 saturated heterocycles. The van der Waals surface area contributed by atoms with E-state index in [1.165, 1.54) is 32.1 Å². The van der Waals surface area contributed by atoms with Gasteiger partial charge in [-0.15, -0.1) is 0 Å². The lowest BCUT2D eigenvalue weighted by atomic mass is 9.96. The van der Waals surface area contributed by atoms with Crippen LogP contribution in [0, 0.1) is 5.92 Å². The van der Waals surface area contributed by atoms with Crippen LogP contribution in [0.15, 0.2) is 0 Å². The Bertz CT molecular complexity index is 336. The summed E-state index contributed by atoms with van der Waals surface area (Å²) in [5, 5.41) is 2.66. The topological polar surface area (TPSA) is 75.4 Å². The van der Waals surface area contributed by atoms with Gasteiger partial charge in [-0.05, 0) is 18.8 Å². The highest BCUT2D eigenvalue weighted by Crippen LogP contribution is 2.20. The van der Waals surface area contributed by atoms with Crippen molar-refractivity contribution >= 4 is 11.8 Å². The highest BCUT2D eigenvalue weighted by molar-refractivity contribution is 5.87. The molecule has 0 heterocycles. The summed E-state index contributed by atoms with van der Waals surface area (Å²) in [6.45, 7) is 3.84.